The van der Waals surface area contributed by atoms with Crippen LogP contribution in [-0.2, 0) is 4.79 Å². The van der Waals surface area contributed by atoms with Gasteiger partial charge in [0.15, 0.2) is 0 Å². The Kier molecular flexibility index (Phi) is 4.02. The molecule has 7 heteroatoms. The van der Waals surface area contributed by atoms with Gasteiger partial charge in [-0.3, -0.25) is 4.79 Å². The molecule has 0 spiro atoms. The Bertz CT molecular complexity index is 569. The molecule has 4 nitrogen and oxygen atoms in total. The van der Waals surface area contributed by atoms with E-state index in [1.807, 2.05) is 6.92 Å². The van der Waals surface area contributed by atoms with Crippen LogP contribution in [0.15, 0.2) is 5.10 Å². The number of alkyl halides is 3. The molecule has 0 aromatic carbocycles. The fraction of sp³-hybridized carbons (Fsp3) is 0.882. The van der Waals surface area contributed by atoms with Crippen LogP contribution < -0.4 is 0 Å². The van der Waals surface area contributed by atoms with Gasteiger partial charge in [0, 0.05) is 11.6 Å². The third kappa shape index (κ3) is 2.55. The minimum absolute atomic E-state index is 0.0660. The van der Waals surface area contributed by atoms with Crippen molar-refractivity contribution in [1.82, 2.24) is 5.01 Å². The second kappa shape index (κ2) is 5.44. The molecule has 2 fully saturated rings. The van der Waals surface area contributed by atoms with Gasteiger partial charge >= 0.3 is 6.18 Å². The van der Waals surface area contributed by atoms with Gasteiger partial charge in [-0.15, -0.1) is 0 Å². The van der Waals surface area contributed by atoms with Crippen molar-refractivity contribution in [3.8, 4) is 0 Å². The van der Waals surface area contributed by atoms with E-state index in [1.165, 1.54) is 0 Å². The molecular formula is C17H25F3N2O2. The summed E-state index contributed by atoms with van der Waals surface area (Å²) in [4.78, 5) is 12.3. The van der Waals surface area contributed by atoms with E-state index in [4.69, 9.17) is 0 Å². The second-order valence-corrected chi connectivity index (χ2v) is 8.11. The summed E-state index contributed by atoms with van der Waals surface area (Å²) in [5.41, 5.74) is -2.97. The summed E-state index contributed by atoms with van der Waals surface area (Å²) in [6, 6.07) is 0. The Balaban J connectivity index is 1.94. The van der Waals surface area contributed by atoms with Crippen LogP contribution in [0.4, 0.5) is 13.2 Å². The lowest BCUT2D eigenvalue weighted by Crippen LogP contribution is -2.62. The van der Waals surface area contributed by atoms with Gasteiger partial charge in [-0.2, -0.15) is 23.3 Å². The Morgan fingerprint density at radius 1 is 1.33 bits per heavy atom. The molecule has 3 aliphatic rings. The third-order valence-electron chi connectivity index (χ3n) is 6.28. The first kappa shape index (κ1) is 17.7. The largest absolute Gasteiger partial charge is 0.439 e. The van der Waals surface area contributed by atoms with E-state index >= 15 is 0 Å². The molecule has 2 saturated carbocycles. The molecule has 1 amide bonds. The van der Waals surface area contributed by atoms with Gasteiger partial charge in [-0.1, -0.05) is 27.2 Å². The summed E-state index contributed by atoms with van der Waals surface area (Å²) in [5, 5.41) is 15.0. The molecule has 1 N–H and O–H groups in total. The van der Waals surface area contributed by atoms with Crippen molar-refractivity contribution < 1.29 is 23.1 Å². The molecule has 1 heterocycles. The Hall–Kier alpha value is -1.11. The van der Waals surface area contributed by atoms with Crippen molar-refractivity contribution in [3.63, 3.8) is 0 Å². The van der Waals surface area contributed by atoms with E-state index in [-0.39, 0.29) is 17.8 Å². The maximum atomic E-state index is 13.8. The molecule has 0 unspecified atom stereocenters. The number of rotatable bonds is 3. The average molecular weight is 346 g/mol. The van der Waals surface area contributed by atoms with Gasteiger partial charge in [-0.25, -0.2) is 0 Å². The zero-order chi connectivity index (χ0) is 17.9. The predicted molar refractivity (Wildman–Crippen MR) is 82.9 cm³/mol. The second-order valence-electron chi connectivity index (χ2n) is 8.11. The first-order valence-electron chi connectivity index (χ1n) is 8.73. The number of fused-ring (bicyclic) bond motifs is 1. The zero-order valence-corrected chi connectivity index (χ0v) is 14.4. The highest BCUT2D eigenvalue weighted by Gasteiger charge is 2.69. The molecule has 136 valence electrons. The standard InChI is InChI=1S/C17H25F3N2O2/c1-4-15(2,3)11-7-8-13-12(9-11)16(24,17(18,19)20)22(21-13)14(23)10-5-6-10/h10-12,24H,4-9H2,1-3H3/t11-,12+,16-/m1/s1. The SMILES string of the molecule is CCC(C)(C)[C@@H]1CCC2=NN(C(=O)C3CC3)[C@](O)(C(F)(F)F)[C@H]2C1. The number of halogens is 3. The molecule has 0 saturated heterocycles. The first-order valence-corrected chi connectivity index (χ1v) is 8.73. The van der Waals surface area contributed by atoms with Crippen molar-refractivity contribution in [1.29, 1.82) is 0 Å². The van der Waals surface area contributed by atoms with Crippen molar-refractivity contribution in [2.24, 2.45) is 28.3 Å². The molecule has 2 aliphatic carbocycles. The Morgan fingerprint density at radius 3 is 2.46 bits per heavy atom. The van der Waals surface area contributed by atoms with Crippen LogP contribution in [0.5, 0.6) is 0 Å². The molecule has 3 rings (SSSR count). The molecule has 0 radical (unpaired) electrons. The molecule has 1 aliphatic heterocycles. The first-order chi connectivity index (χ1) is 11.0. The molecule has 3 atom stereocenters. The van der Waals surface area contributed by atoms with E-state index in [0.717, 1.165) is 12.8 Å². The van der Waals surface area contributed by atoms with Gasteiger partial charge in [0.05, 0.1) is 5.92 Å². The van der Waals surface area contributed by atoms with Crippen LogP contribution in [-0.4, -0.2) is 33.6 Å². The van der Waals surface area contributed by atoms with E-state index in [2.05, 4.69) is 18.9 Å². The molecule has 0 bridgehead atoms. The lowest BCUT2D eigenvalue weighted by atomic mass is 9.64. The summed E-state index contributed by atoms with van der Waals surface area (Å²) in [6.45, 7) is 6.13. The topological polar surface area (TPSA) is 52.9 Å². The number of hydrogen-bond donors (Lipinski definition) is 1. The minimum atomic E-state index is -4.92. The summed E-state index contributed by atoms with van der Waals surface area (Å²) in [6.07, 6.45) is -1.56. The zero-order valence-electron chi connectivity index (χ0n) is 14.4. The average Bonchev–Trinajstić information content (AvgIpc) is 3.30. The Labute approximate surface area is 140 Å². The van der Waals surface area contributed by atoms with Crippen molar-refractivity contribution >= 4 is 11.6 Å². The van der Waals surface area contributed by atoms with Gasteiger partial charge in [-0.05, 0) is 43.4 Å². The number of nitrogens with zero attached hydrogens (tertiary/aromatic N) is 2. The van der Waals surface area contributed by atoms with Crippen LogP contribution in [0.25, 0.3) is 0 Å². The van der Waals surface area contributed by atoms with Gasteiger partial charge in [0.2, 0.25) is 5.91 Å². The van der Waals surface area contributed by atoms with E-state index in [9.17, 15) is 23.1 Å². The number of hydrogen-bond acceptors (Lipinski definition) is 3. The number of carbonyl (C=O) groups excluding carboxylic acids is 1. The van der Waals surface area contributed by atoms with Crippen LogP contribution >= 0.6 is 0 Å². The fourth-order valence-corrected chi connectivity index (χ4v) is 3.94. The number of amides is 1. The van der Waals surface area contributed by atoms with Gasteiger partial charge in [0.25, 0.3) is 5.72 Å². The third-order valence-corrected chi connectivity index (χ3v) is 6.28. The van der Waals surface area contributed by atoms with Crippen molar-refractivity contribution in [2.45, 2.75) is 71.2 Å². The van der Waals surface area contributed by atoms with Crippen LogP contribution in [0, 0.1) is 23.2 Å². The minimum Gasteiger partial charge on any atom is -0.362 e. The lowest BCUT2D eigenvalue weighted by molar-refractivity contribution is -0.318. The lowest BCUT2D eigenvalue weighted by Gasteiger charge is -2.43. The number of aliphatic hydroxyl groups is 1. The Morgan fingerprint density at radius 2 is 1.96 bits per heavy atom. The van der Waals surface area contributed by atoms with Gasteiger partial charge in [0.1, 0.15) is 0 Å². The monoisotopic (exact) mass is 346 g/mol. The summed E-state index contributed by atoms with van der Waals surface area (Å²) in [5.74, 6) is -2.20. The van der Waals surface area contributed by atoms with E-state index in [0.29, 0.717) is 30.0 Å². The van der Waals surface area contributed by atoms with E-state index < -0.39 is 29.6 Å². The maximum Gasteiger partial charge on any atom is 0.439 e. The normalized spacial score (nSPS) is 34.1. The predicted octanol–water partition coefficient (Wildman–Crippen LogP) is 3.70. The van der Waals surface area contributed by atoms with E-state index in [1.54, 1.807) is 0 Å². The van der Waals surface area contributed by atoms with Crippen molar-refractivity contribution in [3.05, 3.63) is 0 Å². The number of carbonyl (C=O) groups is 1. The van der Waals surface area contributed by atoms with Crippen molar-refractivity contribution in [2.75, 3.05) is 0 Å². The highest BCUT2D eigenvalue weighted by molar-refractivity contribution is 5.94. The van der Waals surface area contributed by atoms with Crippen LogP contribution in [0.1, 0.15) is 59.3 Å². The maximum absolute atomic E-state index is 13.8. The fourth-order valence-electron chi connectivity index (χ4n) is 3.94. The van der Waals surface area contributed by atoms with Crippen LogP contribution in [0.3, 0.4) is 0 Å². The molecule has 24 heavy (non-hydrogen) atoms. The van der Waals surface area contributed by atoms with Gasteiger partial charge < -0.3 is 5.11 Å². The highest BCUT2D eigenvalue weighted by Crippen LogP contribution is 2.53. The smallest absolute Gasteiger partial charge is 0.362 e. The summed E-state index contributed by atoms with van der Waals surface area (Å²) < 4.78 is 41.4. The molecular weight excluding hydrogens is 321 g/mol. The van der Waals surface area contributed by atoms with Crippen LogP contribution in [0.2, 0.25) is 0 Å². The highest BCUT2D eigenvalue weighted by atomic mass is 19.4. The molecule has 0 aromatic heterocycles. The quantitative estimate of drug-likeness (QED) is 0.847. The molecule has 0 aromatic rings. The summed E-state index contributed by atoms with van der Waals surface area (Å²) in [7, 11) is 0. The summed E-state index contributed by atoms with van der Waals surface area (Å²) >= 11 is 0. The number of hydrazone groups is 1.